The number of aromatic hydroxyl groups is 3. The van der Waals surface area contributed by atoms with E-state index in [9.17, 15) is 74.5 Å². The van der Waals surface area contributed by atoms with Crippen molar-refractivity contribution in [2.75, 3.05) is 5.32 Å². The highest BCUT2D eigenvalue weighted by molar-refractivity contribution is 7.86. The van der Waals surface area contributed by atoms with E-state index in [0.717, 1.165) is 42.5 Å². The Morgan fingerprint density at radius 1 is 0.556 bits per heavy atom. The number of phenolic OH excluding ortho intramolecular Hbond substituents is 3. The van der Waals surface area contributed by atoms with Crippen molar-refractivity contribution in [2.24, 2.45) is 30.7 Å². The molecule has 0 amide bonds. The molecule has 6 aromatic rings. The summed E-state index contributed by atoms with van der Waals surface area (Å²) in [5.41, 5.74) is -3.49. The summed E-state index contributed by atoms with van der Waals surface area (Å²) in [4.78, 5) is 17.8. The molecule has 0 heterocycles. The third kappa shape index (κ3) is 10.1. The van der Waals surface area contributed by atoms with Gasteiger partial charge in [-0.1, -0.05) is 11.6 Å². The highest BCUT2D eigenvalue weighted by Gasteiger charge is 2.26. The molecule has 7 N–H and O–H groups in total. The Balaban J connectivity index is 1.36. The zero-order chi connectivity index (χ0) is 46.2. The monoisotopic (exact) mass is 943 g/mol. The first-order valence-electron chi connectivity index (χ1n) is 16.6. The van der Waals surface area contributed by atoms with Crippen LogP contribution in [0.4, 0.5) is 56.9 Å². The molecular weight excluding hydrogens is 922 g/mol. The number of azo groups is 3. The van der Waals surface area contributed by atoms with Gasteiger partial charge in [0.2, 0.25) is 0 Å². The zero-order valence-electron chi connectivity index (χ0n) is 30.6. The Kier molecular flexibility index (Phi) is 12.2. The molecule has 63 heavy (non-hydrogen) atoms. The van der Waals surface area contributed by atoms with Crippen LogP contribution in [-0.2, 0) is 30.4 Å². The number of nitrogens with one attached hydrogen (secondary N) is 1. The number of anilines is 2. The molecule has 324 valence electrons. The molecule has 0 radical (unpaired) electrons. The second-order valence-electron chi connectivity index (χ2n) is 12.5. The van der Waals surface area contributed by atoms with Crippen molar-refractivity contribution in [3.63, 3.8) is 0 Å². The number of fused-ring (bicyclic) bond motifs is 1. The predicted molar refractivity (Wildman–Crippen MR) is 218 cm³/mol. The summed E-state index contributed by atoms with van der Waals surface area (Å²) in [7, 11) is -15.3. The fraction of sp³-hybridized carbons (Fsp3) is 0. The number of non-ortho nitro benzene ring substituents is 2. The highest BCUT2D eigenvalue weighted by atomic mass is 35.5. The number of halogens is 1. The van der Waals surface area contributed by atoms with Gasteiger partial charge in [-0.15, -0.1) is 25.6 Å². The first-order valence-corrected chi connectivity index (χ1v) is 21.3. The summed E-state index contributed by atoms with van der Waals surface area (Å²) in [5.74, 6) is -2.47. The quantitative estimate of drug-likeness (QED) is 0.0245. The number of nitro groups is 2. The van der Waals surface area contributed by atoms with E-state index in [-0.39, 0.29) is 33.5 Å². The van der Waals surface area contributed by atoms with Gasteiger partial charge < -0.3 is 20.6 Å². The van der Waals surface area contributed by atoms with Gasteiger partial charge in [-0.05, 0) is 60.0 Å². The average Bonchev–Trinajstić information content (AvgIpc) is 3.19. The van der Waals surface area contributed by atoms with Crippen LogP contribution in [0.5, 0.6) is 17.2 Å². The minimum Gasteiger partial charge on any atom is -0.505 e. The van der Waals surface area contributed by atoms with Crippen LogP contribution in [0.25, 0.3) is 10.8 Å². The summed E-state index contributed by atoms with van der Waals surface area (Å²) in [5, 5.41) is 79.0. The lowest BCUT2D eigenvalue weighted by atomic mass is 10.1. The molecule has 0 spiro atoms. The number of benzene rings is 6. The van der Waals surface area contributed by atoms with E-state index in [1.54, 1.807) is 0 Å². The van der Waals surface area contributed by atoms with Crippen LogP contribution in [0.3, 0.4) is 0 Å². The van der Waals surface area contributed by atoms with Crippen LogP contribution in [0.1, 0.15) is 0 Å². The third-order valence-corrected chi connectivity index (χ3v) is 11.2. The molecule has 0 aliphatic rings. The molecule has 0 unspecified atom stereocenters. The average molecular weight is 944 g/mol. The molecule has 29 heteroatoms. The van der Waals surface area contributed by atoms with E-state index < -0.39 is 111 Å². The summed E-state index contributed by atoms with van der Waals surface area (Å²) >= 11 is 6.05. The van der Waals surface area contributed by atoms with Crippen LogP contribution in [0, 0.1) is 20.2 Å². The van der Waals surface area contributed by atoms with Crippen LogP contribution in [0.2, 0.25) is 5.02 Å². The van der Waals surface area contributed by atoms with E-state index in [2.05, 4.69) is 36.0 Å². The molecule has 0 saturated carbocycles. The lowest BCUT2D eigenvalue weighted by Crippen LogP contribution is -2.04. The lowest BCUT2D eigenvalue weighted by Gasteiger charge is -2.12. The summed E-state index contributed by atoms with van der Waals surface area (Å²) < 4.78 is 102. The van der Waals surface area contributed by atoms with E-state index in [0.29, 0.717) is 24.3 Å². The maximum absolute atomic E-state index is 12.4. The van der Waals surface area contributed by atoms with Gasteiger partial charge in [0.1, 0.15) is 44.0 Å². The van der Waals surface area contributed by atoms with Crippen LogP contribution in [0.15, 0.2) is 136 Å². The first-order chi connectivity index (χ1) is 29.4. The highest BCUT2D eigenvalue weighted by Crippen LogP contribution is 2.47. The lowest BCUT2D eigenvalue weighted by molar-refractivity contribution is -0.385. The molecular formula is C34H22ClN9O16S3. The molecule has 0 aromatic heterocycles. The Morgan fingerprint density at radius 2 is 1.11 bits per heavy atom. The van der Waals surface area contributed by atoms with Crippen LogP contribution in [-0.4, -0.2) is 64.1 Å². The largest absolute Gasteiger partial charge is 0.505 e. The number of rotatable bonds is 13. The summed E-state index contributed by atoms with van der Waals surface area (Å²) in [6.45, 7) is 0. The van der Waals surface area contributed by atoms with Crippen molar-refractivity contribution >= 4 is 110 Å². The van der Waals surface area contributed by atoms with Gasteiger partial charge >= 0.3 is 0 Å². The van der Waals surface area contributed by atoms with Gasteiger partial charge in [-0.3, -0.25) is 33.9 Å². The minimum atomic E-state index is -5.29. The second-order valence-corrected chi connectivity index (χ2v) is 17.1. The van der Waals surface area contributed by atoms with Gasteiger partial charge in [0, 0.05) is 42.1 Å². The number of hydrogen-bond donors (Lipinski definition) is 7. The van der Waals surface area contributed by atoms with Gasteiger partial charge in [0.05, 0.1) is 42.2 Å². The van der Waals surface area contributed by atoms with E-state index in [1.165, 1.54) is 24.3 Å². The minimum absolute atomic E-state index is 0.131. The molecule has 0 fully saturated rings. The van der Waals surface area contributed by atoms with E-state index in [4.69, 9.17) is 11.6 Å². The summed E-state index contributed by atoms with van der Waals surface area (Å²) in [6.07, 6.45) is 0. The standard InChI is InChI=1S/C34H22ClN9O16S3/c35-22-11-19(43(48)49)5-7-23(22)38-42-33-31(63(58,59)60)10-16-9-21(61(52,53)54)13-27(32(16)34(33)47)41-40-26-14-25(28(45)15-29(26)46)39-37-18-3-1-17(2-4-18)36-24-8-6-20(44(50)51)12-30(24)62(55,56)57/h1-15,36,45-47H,(H,52,53,54)(H,55,56,57)(H,58,59,60). The third-order valence-electron chi connectivity index (χ3n) is 8.29. The van der Waals surface area contributed by atoms with E-state index in [1.807, 2.05) is 0 Å². The van der Waals surface area contributed by atoms with Crippen LogP contribution < -0.4 is 5.32 Å². The molecule has 25 nitrogen and oxygen atoms in total. The van der Waals surface area contributed by atoms with Crippen molar-refractivity contribution < 1.29 is 64.1 Å². The maximum Gasteiger partial charge on any atom is 0.296 e. The Morgan fingerprint density at radius 3 is 1.68 bits per heavy atom. The normalized spacial score (nSPS) is 12.4. The zero-order valence-corrected chi connectivity index (χ0v) is 33.8. The van der Waals surface area contributed by atoms with Crippen molar-refractivity contribution in [2.45, 2.75) is 14.7 Å². The van der Waals surface area contributed by atoms with Crippen LogP contribution >= 0.6 is 11.6 Å². The van der Waals surface area contributed by atoms with Crippen molar-refractivity contribution in [1.82, 2.24) is 0 Å². The van der Waals surface area contributed by atoms with Crippen molar-refractivity contribution in [1.29, 1.82) is 0 Å². The van der Waals surface area contributed by atoms with Gasteiger partial charge in [0.15, 0.2) is 5.75 Å². The number of nitro benzene ring substituents is 2. The molecule has 0 saturated heterocycles. The molecule has 0 atom stereocenters. The SMILES string of the molecule is O=[N+]([O-])c1ccc(N=Nc2c(S(=O)(=O)O)cc3cc(S(=O)(=O)O)cc(N=Nc4cc(N=Nc5ccc(Nc6ccc([N+](=O)[O-])cc6S(=O)(=O)O)cc5)c(O)cc4O)c3c2O)c(Cl)c1. The molecule has 0 aliphatic heterocycles. The van der Waals surface area contributed by atoms with Gasteiger partial charge in [0.25, 0.3) is 41.7 Å². The van der Waals surface area contributed by atoms with Crippen molar-refractivity contribution in [3.05, 3.63) is 116 Å². The fourth-order valence-corrected chi connectivity index (χ4v) is 7.47. The molecule has 0 bridgehead atoms. The van der Waals surface area contributed by atoms with Crippen molar-refractivity contribution in [3.8, 4) is 17.2 Å². The Labute approximate surface area is 356 Å². The number of phenols is 3. The van der Waals surface area contributed by atoms with E-state index >= 15 is 0 Å². The fourth-order valence-electron chi connectivity index (χ4n) is 5.40. The molecule has 6 aromatic carbocycles. The molecule has 0 aliphatic carbocycles. The topological polar surface area (TPSA) is 396 Å². The maximum atomic E-state index is 12.4. The Hall–Kier alpha value is -7.60. The Bertz CT molecular complexity index is 3350. The number of nitrogens with zero attached hydrogens (tertiary/aromatic N) is 8. The van der Waals surface area contributed by atoms with Gasteiger partial charge in [-0.25, -0.2) is 0 Å². The predicted octanol–water partition coefficient (Wildman–Crippen LogP) is 9.16. The van der Waals surface area contributed by atoms with Gasteiger partial charge in [-0.2, -0.15) is 30.4 Å². The number of hydrogen-bond acceptors (Lipinski definition) is 20. The second kappa shape index (κ2) is 17.0. The smallest absolute Gasteiger partial charge is 0.296 e. The summed E-state index contributed by atoms with van der Waals surface area (Å²) in [6, 6.07) is 14.9. The molecule has 6 rings (SSSR count). The first kappa shape index (κ1) is 44.9.